The molecule has 6 nitrogen and oxygen atoms in total. The molecule has 1 aromatic rings. The number of rotatable bonds is 6. The van der Waals surface area contributed by atoms with Crippen molar-refractivity contribution >= 4 is 11.9 Å². The smallest absolute Gasteiger partial charge is 0.303 e. The number of hydrogen-bond donors (Lipinski definition) is 2. The molecule has 0 aliphatic rings. The predicted octanol–water partition coefficient (Wildman–Crippen LogP) is 1.34. The lowest BCUT2D eigenvalue weighted by atomic mass is 10.1. The normalized spacial score (nSPS) is 10.0. The van der Waals surface area contributed by atoms with Crippen LogP contribution >= 0.6 is 0 Å². The second-order valence-electron chi connectivity index (χ2n) is 4.08. The van der Waals surface area contributed by atoms with Gasteiger partial charge in [0.15, 0.2) is 11.5 Å². The molecule has 0 fully saturated rings. The number of carboxylic acids is 1. The van der Waals surface area contributed by atoms with E-state index >= 15 is 0 Å². The van der Waals surface area contributed by atoms with Crippen LogP contribution in [0.4, 0.5) is 0 Å². The molecule has 0 saturated carbocycles. The van der Waals surface area contributed by atoms with Gasteiger partial charge in [0.1, 0.15) is 0 Å². The highest BCUT2D eigenvalue weighted by Gasteiger charge is 2.18. The van der Waals surface area contributed by atoms with Crippen molar-refractivity contribution in [3.05, 3.63) is 23.8 Å². The summed E-state index contributed by atoms with van der Waals surface area (Å²) >= 11 is 0. The molecule has 0 aliphatic heterocycles. The zero-order chi connectivity index (χ0) is 14.4. The van der Waals surface area contributed by atoms with Crippen molar-refractivity contribution < 1.29 is 24.5 Å². The van der Waals surface area contributed by atoms with E-state index in [9.17, 15) is 14.7 Å². The van der Waals surface area contributed by atoms with Crippen LogP contribution in [0.25, 0.3) is 0 Å². The number of aromatic hydroxyl groups is 1. The Labute approximate surface area is 111 Å². The zero-order valence-corrected chi connectivity index (χ0v) is 10.9. The fourth-order valence-corrected chi connectivity index (χ4v) is 1.63. The van der Waals surface area contributed by atoms with E-state index in [1.54, 1.807) is 19.2 Å². The van der Waals surface area contributed by atoms with Gasteiger partial charge in [-0.15, -0.1) is 0 Å². The van der Waals surface area contributed by atoms with Crippen LogP contribution in [-0.2, 0) is 4.79 Å². The molecule has 0 unspecified atom stereocenters. The Morgan fingerprint density at radius 2 is 2.05 bits per heavy atom. The number of para-hydroxylation sites is 1. The Hall–Kier alpha value is -2.24. The van der Waals surface area contributed by atoms with Crippen LogP contribution in [0.3, 0.4) is 0 Å². The van der Waals surface area contributed by atoms with Crippen LogP contribution in [-0.4, -0.2) is 47.7 Å². The van der Waals surface area contributed by atoms with Gasteiger partial charge in [0.05, 0.1) is 12.7 Å². The SMILES string of the molecule is COc1cccc(C(=O)N(C)CCCC(=O)O)c1O. The summed E-state index contributed by atoms with van der Waals surface area (Å²) in [6, 6.07) is 4.65. The fourth-order valence-electron chi connectivity index (χ4n) is 1.63. The maximum atomic E-state index is 12.1. The second-order valence-corrected chi connectivity index (χ2v) is 4.08. The van der Waals surface area contributed by atoms with Crippen LogP contribution < -0.4 is 4.74 Å². The third-order valence-electron chi connectivity index (χ3n) is 2.68. The van der Waals surface area contributed by atoms with Gasteiger partial charge in [-0.3, -0.25) is 9.59 Å². The van der Waals surface area contributed by atoms with Crippen molar-refractivity contribution in [1.82, 2.24) is 4.90 Å². The third kappa shape index (κ3) is 3.87. The first-order chi connectivity index (χ1) is 8.97. The number of nitrogens with zero attached hydrogens (tertiary/aromatic N) is 1. The number of phenolic OH excluding ortho intramolecular Hbond substituents is 1. The minimum atomic E-state index is -0.898. The van der Waals surface area contributed by atoms with Gasteiger partial charge in [-0.05, 0) is 18.6 Å². The maximum absolute atomic E-state index is 12.1. The summed E-state index contributed by atoms with van der Waals surface area (Å²) < 4.78 is 4.93. The topological polar surface area (TPSA) is 87.1 Å². The van der Waals surface area contributed by atoms with Crippen LogP contribution in [0.15, 0.2) is 18.2 Å². The van der Waals surface area contributed by atoms with Crippen LogP contribution in [0.2, 0.25) is 0 Å². The molecule has 0 bridgehead atoms. The highest BCUT2D eigenvalue weighted by molar-refractivity contribution is 5.97. The van der Waals surface area contributed by atoms with Crippen molar-refractivity contribution in [2.75, 3.05) is 20.7 Å². The van der Waals surface area contributed by atoms with E-state index in [2.05, 4.69) is 0 Å². The quantitative estimate of drug-likeness (QED) is 0.812. The minimum Gasteiger partial charge on any atom is -0.504 e. The Kier molecular flexibility index (Phi) is 5.17. The Bertz CT molecular complexity index is 472. The van der Waals surface area contributed by atoms with Gasteiger partial charge in [-0.2, -0.15) is 0 Å². The first kappa shape index (κ1) is 14.8. The summed E-state index contributed by atoms with van der Waals surface area (Å²) in [6.07, 6.45) is 0.365. The number of benzene rings is 1. The van der Waals surface area contributed by atoms with Gasteiger partial charge in [0.25, 0.3) is 5.91 Å². The number of carbonyl (C=O) groups excluding carboxylic acids is 1. The zero-order valence-electron chi connectivity index (χ0n) is 10.9. The number of carboxylic acid groups (broad SMARTS) is 1. The van der Waals surface area contributed by atoms with Gasteiger partial charge in [0.2, 0.25) is 0 Å². The summed E-state index contributed by atoms with van der Waals surface area (Å²) in [5.74, 6) is -1.25. The molecule has 0 aromatic heterocycles. The van der Waals surface area contributed by atoms with E-state index in [1.165, 1.54) is 18.1 Å². The molecule has 0 aliphatic carbocycles. The van der Waals surface area contributed by atoms with Gasteiger partial charge in [-0.25, -0.2) is 0 Å². The first-order valence-corrected chi connectivity index (χ1v) is 5.80. The number of carbonyl (C=O) groups is 2. The van der Waals surface area contributed by atoms with Gasteiger partial charge < -0.3 is 19.8 Å². The minimum absolute atomic E-state index is 0.00170. The Morgan fingerprint density at radius 1 is 1.37 bits per heavy atom. The summed E-state index contributed by atoms with van der Waals surface area (Å²) in [5, 5.41) is 18.4. The van der Waals surface area contributed by atoms with Crippen molar-refractivity contribution in [2.24, 2.45) is 0 Å². The summed E-state index contributed by atoms with van der Waals surface area (Å²) in [6.45, 7) is 0.307. The first-order valence-electron chi connectivity index (χ1n) is 5.80. The van der Waals surface area contributed by atoms with E-state index in [1.807, 2.05) is 0 Å². The largest absolute Gasteiger partial charge is 0.504 e. The molecule has 6 heteroatoms. The second kappa shape index (κ2) is 6.63. The van der Waals surface area contributed by atoms with Crippen LogP contribution in [0, 0.1) is 0 Å². The van der Waals surface area contributed by atoms with E-state index in [0.29, 0.717) is 13.0 Å². The number of methoxy groups -OCH3 is 1. The summed E-state index contributed by atoms with van der Waals surface area (Å²) in [7, 11) is 2.96. The van der Waals surface area contributed by atoms with Crippen molar-refractivity contribution in [2.45, 2.75) is 12.8 Å². The maximum Gasteiger partial charge on any atom is 0.303 e. The Balaban J connectivity index is 2.74. The van der Waals surface area contributed by atoms with Crippen molar-refractivity contribution in [3.8, 4) is 11.5 Å². The molecule has 104 valence electrons. The number of aliphatic carboxylic acids is 1. The molecule has 1 aromatic carbocycles. The predicted molar refractivity (Wildman–Crippen MR) is 68.5 cm³/mol. The third-order valence-corrected chi connectivity index (χ3v) is 2.68. The Morgan fingerprint density at radius 3 is 2.63 bits per heavy atom. The highest BCUT2D eigenvalue weighted by Crippen LogP contribution is 2.29. The monoisotopic (exact) mass is 267 g/mol. The fraction of sp³-hybridized carbons (Fsp3) is 0.385. The van der Waals surface area contributed by atoms with Gasteiger partial charge in [-0.1, -0.05) is 6.07 Å². The lowest BCUT2D eigenvalue weighted by Crippen LogP contribution is -2.28. The molecular weight excluding hydrogens is 250 g/mol. The molecule has 2 N–H and O–H groups in total. The molecule has 19 heavy (non-hydrogen) atoms. The number of amides is 1. The van der Waals surface area contributed by atoms with E-state index in [0.717, 1.165) is 0 Å². The standard InChI is InChI=1S/C13H17NO5/c1-14(8-4-7-11(15)16)13(18)9-5-3-6-10(19-2)12(9)17/h3,5-6,17H,4,7-8H2,1-2H3,(H,15,16). The average Bonchev–Trinajstić information content (AvgIpc) is 2.37. The molecule has 0 saturated heterocycles. The average molecular weight is 267 g/mol. The molecular formula is C13H17NO5. The highest BCUT2D eigenvalue weighted by atomic mass is 16.5. The summed E-state index contributed by atoms with van der Waals surface area (Å²) in [4.78, 5) is 23.8. The van der Waals surface area contributed by atoms with E-state index < -0.39 is 5.97 Å². The number of hydrogen-bond acceptors (Lipinski definition) is 4. The molecule has 1 rings (SSSR count). The van der Waals surface area contributed by atoms with E-state index in [4.69, 9.17) is 9.84 Å². The van der Waals surface area contributed by atoms with Crippen LogP contribution in [0.1, 0.15) is 23.2 Å². The number of ether oxygens (including phenoxy) is 1. The number of phenols is 1. The molecule has 0 heterocycles. The van der Waals surface area contributed by atoms with Gasteiger partial charge >= 0.3 is 5.97 Å². The lowest BCUT2D eigenvalue weighted by Gasteiger charge is -2.18. The lowest BCUT2D eigenvalue weighted by molar-refractivity contribution is -0.137. The van der Waals surface area contributed by atoms with Crippen molar-refractivity contribution in [1.29, 1.82) is 0 Å². The van der Waals surface area contributed by atoms with Gasteiger partial charge in [0, 0.05) is 20.0 Å². The molecule has 0 atom stereocenters. The van der Waals surface area contributed by atoms with E-state index in [-0.39, 0.29) is 29.4 Å². The van der Waals surface area contributed by atoms with Crippen LogP contribution in [0.5, 0.6) is 11.5 Å². The van der Waals surface area contributed by atoms with Crippen molar-refractivity contribution in [3.63, 3.8) is 0 Å². The molecule has 0 spiro atoms. The molecule has 1 amide bonds. The summed E-state index contributed by atoms with van der Waals surface area (Å²) in [5.41, 5.74) is 0.136. The molecule has 0 radical (unpaired) electrons.